The van der Waals surface area contributed by atoms with Gasteiger partial charge < -0.3 is 25.4 Å². The molecule has 0 aliphatic carbocycles. The van der Waals surface area contributed by atoms with Crippen LogP contribution in [0.25, 0.3) is 0 Å². The van der Waals surface area contributed by atoms with Crippen molar-refractivity contribution in [1.29, 1.82) is 0 Å². The highest BCUT2D eigenvalue weighted by atomic mass is 16.5. The number of nitrogens with one attached hydrogen (secondary N) is 3. The lowest BCUT2D eigenvalue weighted by atomic mass is 10.0. The maximum atomic E-state index is 13.1. The third-order valence-electron chi connectivity index (χ3n) is 4.91. The number of carbonyl (C=O) groups is 4. The van der Waals surface area contributed by atoms with Crippen LogP contribution in [-0.4, -0.2) is 55.2 Å². The van der Waals surface area contributed by atoms with Crippen LogP contribution in [0.2, 0.25) is 0 Å². The molecule has 0 heterocycles. The Kier molecular flexibility index (Phi) is 12.9. The van der Waals surface area contributed by atoms with Gasteiger partial charge in [-0.3, -0.25) is 9.59 Å². The number of rotatable bonds is 13. The van der Waals surface area contributed by atoms with Crippen LogP contribution in [0.1, 0.15) is 40.2 Å². The molecule has 35 heavy (non-hydrogen) atoms. The molecule has 9 heteroatoms. The number of hydrogen-bond acceptors (Lipinski definition) is 6. The van der Waals surface area contributed by atoms with Gasteiger partial charge in [-0.25, -0.2) is 9.59 Å². The van der Waals surface area contributed by atoms with Crippen molar-refractivity contribution in [3.8, 4) is 0 Å². The molecule has 0 fully saturated rings. The van der Waals surface area contributed by atoms with Crippen LogP contribution >= 0.6 is 0 Å². The van der Waals surface area contributed by atoms with Gasteiger partial charge in [-0.05, 0) is 38.3 Å². The van der Waals surface area contributed by atoms with E-state index in [1.165, 1.54) is 13.0 Å². The third-order valence-corrected chi connectivity index (χ3v) is 4.91. The van der Waals surface area contributed by atoms with Crippen molar-refractivity contribution in [2.45, 2.75) is 59.2 Å². The van der Waals surface area contributed by atoms with Crippen LogP contribution in [0.3, 0.4) is 0 Å². The molecule has 3 amide bonds. The minimum Gasteiger partial charge on any atom is -0.460 e. The van der Waals surface area contributed by atoms with Gasteiger partial charge in [0.15, 0.2) is 0 Å². The van der Waals surface area contributed by atoms with Crippen molar-refractivity contribution < 1.29 is 28.7 Å². The van der Waals surface area contributed by atoms with E-state index in [1.54, 1.807) is 19.9 Å². The van der Waals surface area contributed by atoms with Crippen LogP contribution in [-0.2, 0) is 30.3 Å². The zero-order valence-corrected chi connectivity index (χ0v) is 21.1. The summed E-state index contributed by atoms with van der Waals surface area (Å²) in [5, 5.41) is 7.76. The fourth-order valence-electron chi connectivity index (χ4n) is 2.93. The van der Waals surface area contributed by atoms with E-state index < -0.39 is 42.0 Å². The van der Waals surface area contributed by atoms with E-state index in [-0.39, 0.29) is 25.6 Å². The fraction of sp³-hybridized carbons (Fsp3) is 0.462. The lowest BCUT2D eigenvalue weighted by molar-refractivity contribution is -0.147. The molecule has 3 atom stereocenters. The smallest absolute Gasteiger partial charge is 0.408 e. The SMILES string of the molecule is C=CCOC(=O)N[C@@H](C)C(=O)N[C@H](C(=O)N[C@@H](Cc1ccccc1)C(=O)OCC=C(C)C)C(C)C. The van der Waals surface area contributed by atoms with Gasteiger partial charge in [0.25, 0.3) is 0 Å². The van der Waals surface area contributed by atoms with Crippen molar-refractivity contribution in [3.63, 3.8) is 0 Å². The van der Waals surface area contributed by atoms with Gasteiger partial charge in [0.1, 0.15) is 31.3 Å². The number of benzene rings is 1. The minimum atomic E-state index is -0.949. The van der Waals surface area contributed by atoms with Crippen molar-refractivity contribution in [2.24, 2.45) is 5.92 Å². The summed E-state index contributed by atoms with van der Waals surface area (Å²) >= 11 is 0. The van der Waals surface area contributed by atoms with Gasteiger partial charge in [-0.1, -0.05) is 62.4 Å². The van der Waals surface area contributed by atoms with Crippen LogP contribution < -0.4 is 16.0 Å². The highest BCUT2D eigenvalue weighted by Gasteiger charge is 2.31. The first-order valence-corrected chi connectivity index (χ1v) is 11.5. The van der Waals surface area contributed by atoms with Gasteiger partial charge in [0, 0.05) is 6.42 Å². The number of ether oxygens (including phenoxy) is 2. The third kappa shape index (κ3) is 11.4. The molecule has 0 spiro atoms. The topological polar surface area (TPSA) is 123 Å². The molecule has 0 aliphatic rings. The molecule has 0 bridgehead atoms. The Morgan fingerprint density at radius 1 is 0.914 bits per heavy atom. The van der Waals surface area contributed by atoms with Crippen LogP contribution in [0.15, 0.2) is 54.6 Å². The van der Waals surface area contributed by atoms with Crippen LogP contribution in [0.4, 0.5) is 4.79 Å². The highest BCUT2D eigenvalue weighted by molar-refractivity contribution is 5.93. The van der Waals surface area contributed by atoms with Gasteiger partial charge in [-0.2, -0.15) is 0 Å². The summed E-state index contributed by atoms with van der Waals surface area (Å²) in [7, 11) is 0. The van der Waals surface area contributed by atoms with Gasteiger partial charge >= 0.3 is 12.1 Å². The maximum absolute atomic E-state index is 13.1. The second kappa shape index (κ2) is 15.3. The number of allylic oxidation sites excluding steroid dienone is 1. The average Bonchev–Trinajstić information content (AvgIpc) is 2.80. The molecular formula is C26H37N3O6. The predicted molar refractivity (Wildman–Crippen MR) is 133 cm³/mol. The molecule has 9 nitrogen and oxygen atoms in total. The molecule has 3 N–H and O–H groups in total. The van der Waals surface area contributed by atoms with Crippen LogP contribution in [0.5, 0.6) is 0 Å². The molecule has 0 saturated heterocycles. The summed E-state index contributed by atoms with van der Waals surface area (Å²) in [6, 6.07) is 6.40. The van der Waals surface area contributed by atoms with Gasteiger partial charge in [-0.15, -0.1) is 0 Å². The number of hydrogen-bond donors (Lipinski definition) is 3. The molecule has 1 rings (SSSR count). The Morgan fingerprint density at radius 2 is 1.57 bits per heavy atom. The first-order valence-electron chi connectivity index (χ1n) is 11.5. The molecule has 192 valence electrons. The zero-order valence-electron chi connectivity index (χ0n) is 21.1. The Morgan fingerprint density at radius 3 is 2.14 bits per heavy atom. The van der Waals surface area contributed by atoms with Crippen molar-refractivity contribution in [2.75, 3.05) is 13.2 Å². The monoisotopic (exact) mass is 487 g/mol. The van der Waals surface area contributed by atoms with Crippen molar-refractivity contribution in [1.82, 2.24) is 16.0 Å². The predicted octanol–water partition coefficient (Wildman–Crippen LogP) is 2.66. The van der Waals surface area contributed by atoms with Crippen molar-refractivity contribution >= 4 is 23.9 Å². The van der Waals surface area contributed by atoms with Gasteiger partial charge in [0.2, 0.25) is 11.8 Å². The largest absolute Gasteiger partial charge is 0.460 e. The molecule has 1 aromatic carbocycles. The second-order valence-electron chi connectivity index (χ2n) is 8.65. The Labute approximate surface area is 207 Å². The van der Waals surface area contributed by atoms with E-state index in [4.69, 9.17) is 9.47 Å². The quantitative estimate of drug-likeness (QED) is 0.290. The number of amides is 3. The normalized spacial score (nSPS) is 13.0. The molecule has 0 radical (unpaired) electrons. The minimum absolute atomic E-state index is 0.00369. The molecule has 0 unspecified atom stereocenters. The Bertz CT molecular complexity index is 894. The van der Waals surface area contributed by atoms with Crippen LogP contribution in [0, 0.1) is 5.92 Å². The fourth-order valence-corrected chi connectivity index (χ4v) is 2.93. The van der Waals surface area contributed by atoms with E-state index in [1.807, 2.05) is 44.2 Å². The summed E-state index contributed by atoms with van der Waals surface area (Å²) in [6.07, 6.45) is 2.62. The van der Waals surface area contributed by atoms with E-state index in [0.29, 0.717) is 0 Å². The molecule has 1 aromatic rings. The molecule has 0 saturated carbocycles. The van der Waals surface area contributed by atoms with E-state index >= 15 is 0 Å². The number of carbonyl (C=O) groups excluding carboxylic acids is 4. The number of alkyl carbamates (subject to hydrolysis) is 1. The highest BCUT2D eigenvalue weighted by Crippen LogP contribution is 2.08. The summed E-state index contributed by atoms with van der Waals surface area (Å²) < 4.78 is 10.1. The molecular weight excluding hydrogens is 450 g/mol. The van der Waals surface area contributed by atoms with Gasteiger partial charge in [0.05, 0.1) is 0 Å². The maximum Gasteiger partial charge on any atom is 0.408 e. The zero-order chi connectivity index (χ0) is 26.4. The average molecular weight is 488 g/mol. The van der Waals surface area contributed by atoms with Crippen molar-refractivity contribution in [3.05, 3.63) is 60.2 Å². The van der Waals surface area contributed by atoms with E-state index in [0.717, 1.165) is 11.1 Å². The summed E-state index contributed by atoms with van der Waals surface area (Å²) in [5.74, 6) is -1.97. The standard InChI is InChI=1S/C26H37N3O6/c1-7-14-35-26(33)27-19(6)23(30)29-22(18(4)5)24(31)28-21(16-20-11-9-8-10-12-20)25(32)34-15-13-17(2)3/h7-13,18-19,21-22H,1,14-16H2,2-6H3,(H,27,33)(H,28,31)(H,29,30)/t19-,21-,22-/m0/s1. The molecule has 0 aliphatic heterocycles. The summed E-state index contributed by atoms with van der Waals surface area (Å²) in [4.78, 5) is 50.2. The lowest BCUT2D eigenvalue weighted by Gasteiger charge is -2.26. The summed E-state index contributed by atoms with van der Waals surface area (Å²) in [6.45, 7) is 12.3. The summed E-state index contributed by atoms with van der Waals surface area (Å²) in [5.41, 5.74) is 1.85. The molecule has 0 aromatic heterocycles. The van der Waals surface area contributed by atoms with E-state index in [2.05, 4.69) is 22.5 Å². The first-order chi connectivity index (χ1) is 16.5. The first kappa shape index (κ1) is 29.4. The van der Waals surface area contributed by atoms with E-state index in [9.17, 15) is 19.2 Å². The number of esters is 1. The lowest BCUT2D eigenvalue weighted by Crippen LogP contribution is -2.57. The Balaban J connectivity index is 2.91. The second-order valence-corrected chi connectivity index (χ2v) is 8.65. The Hall–Kier alpha value is -3.62.